The molecule has 0 bridgehead atoms. The Morgan fingerprint density at radius 1 is 1.17 bits per heavy atom. The predicted molar refractivity (Wildman–Crippen MR) is 74.3 cm³/mol. The second-order valence-electron chi connectivity index (χ2n) is 5.64. The van der Waals surface area contributed by atoms with Gasteiger partial charge in [-0.15, -0.1) is 0 Å². The van der Waals surface area contributed by atoms with Crippen LogP contribution >= 0.6 is 11.6 Å². The number of hydrogen-bond donors (Lipinski definition) is 0. The Balaban J connectivity index is 2.35. The van der Waals surface area contributed by atoms with Crippen molar-refractivity contribution in [3.63, 3.8) is 0 Å². The van der Waals surface area contributed by atoms with Crippen LogP contribution < -0.4 is 5.46 Å². The van der Waals surface area contributed by atoms with Gasteiger partial charge in [-0.25, -0.2) is 0 Å². The van der Waals surface area contributed by atoms with Crippen molar-refractivity contribution in [3.8, 4) is 0 Å². The van der Waals surface area contributed by atoms with E-state index >= 15 is 0 Å². The van der Waals surface area contributed by atoms with Gasteiger partial charge in [0.2, 0.25) is 0 Å². The highest BCUT2D eigenvalue weighted by atomic mass is 35.5. The molecule has 0 aliphatic carbocycles. The van der Waals surface area contributed by atoms with E-state index in [9.17, 15) is 0 Å². The molecule has 1 saturated heterocycles. The first kappa shape index (κ1) is 13.8. The van der Waals surface area contributed by atoms with Gasteiger partial charge in [-0.05, 0) is 39.7 Å². The zero-order chi connectivity index (χ0) is 13.6. The average Bonchev–Trinajstić information content (AvgIpc) is 2.48. The van der Waals surface area contributed by atoms with Gasteiger partial charge in [0.25, 0.3) is 0 Å². The standard InChI is InChI=1S/C13H19BClNO2/c1-6-9-7-16-8-10(11(9)15)14-17-12(2,3)13(4,5)18-14/h7-8H,6H2,1-5H3. The lowest BCUT2D eigenvalue weighted by molar-refractivity contribution is 0.00578. The number of halogens is 1. The zero-order valence-corrected chi connectivity index (χ0v) is 12.3. The Labute approximate surface area is 114 Å². The molecule has 0 spiro atoms. The molecule has 1 aromatic rings. The minimum Gasteiger partial charge on any atom is -0.399 e. The summed E-state index contributed by atoms with van der Waals surface area (Å²) in [6.45, 7) is 10.2. The van der Waals surface area contributed by atoms with Crippen LogP contribution in [-0.4, -0.2) is 23.3 Å². The van der Waals surface area contributed by atoms with Crippen LogP contribution in [-0.2, 0) is 15.7 Å². The van der Waals surface area contributed by atoms with Crippen LogP contribution in [0, 0.1) is 0 Å². The lowest BCUT2D eigenvalue weighted by Crippen LogP contribution is -2.41. The van der Waals surface area contributed by atoms with Crippen molar-refractivity contribution >= 4 is 24.2 Å². The average molecular weight is 268 g/mol. The Hall–Kier alpha value is -0.575. The van der Waals surface area contributed by atoms with Crippen LogP contribution in [0.5, 0.6) is 0 Å². The van der Waals surface area contributed by atoms with Gasteiger partial charge >= 0.3 is 7.12 Å². The summed E-state index contributed by atoms with van der Waals surface area (Å²) in [6.07, 6.45) is 4.36. The summed E-state index contributed by atoms with van der Waals surface area (Å²) in [6, 6.07) is 0. The summed E-state index contributed by atoms with van der Waals surface area (Å²) in [5.74, 6) is 0. The van der Waals surface area contributed by atoms with Crippen molar-refractivity contribution in [1.29, 1.82) is 0 Å². The second kappa shape index (κ2) is 4.51. The van der Waals surface area contributed by atoms with Crippen LogP contribution in [0.4, 0.5) is 0 Å². The quantitative estimate of drug-likeness (QED) is 0.772. The first-order valence-corrected chi connectivity index (χ1v) is 6.64. The van der Waals surface area contributed by atoms with Crippen LogP contribution in [0.2, 0.25) is 5.02 Å². The highest BCUT2D eigenvalue weighted by Crippen LogP contribution is 2.37. The number of rotatable bonds is 2. The Kier molecular flexibility index (Phi) is 3.47. The van der Waals surface area contributed by atoms with Gasteiger partial charge < -0.3 is 9.31 Å². The summed E-state index contributed by atoms with van der Waals surface area (Å²) < 4.78 is 12.0. The number of aromatic nitrogens is 1. The molecule has 3 nitrogen and oxygen atoms in total. The van der Waals surface area contributed by atoms with E-state index in [0.717, 1.165) is 17.4 Å². The molecular weight excluding hydrogens is 248 g/mol. The van der Waals surface area contributed by atoms with Gasteiger partial charge in [-0.2, -0.15) is 0 Å². The van der Waals surface area contributed by atoms with Crippen molar-refractivity contribution in [3.05, 3.63) is 23.0 Å². The third-order valence-electron chi connectivity index (χ3n) is 3.87. The van der Waals surface area contributed by atoms with Crippen molar-refractivity contribution in [1.82, 2.24) is 4.98 Å². The van der Waals surface area contributed by atoms with Crippen LogP contribution in [0.3, 0.4) is 0 Å². The van der Waals surface area contributed by atoms with E-state index in [1.54, 1.807) is 12.4 Å². The lowest BCUT2D eigenvalue weighted by Gasteiger charge is -2.32. The van der Waals surface area contributed by atoms with E-state index in [2.05, 4.69) is 11.9 Å². The molecule has 98 valence electrons. The number of pyridine rings is 1. The third-order valence-corrected chi connectivity index (χ3v) is 4.33. The molecule has 2 rings (SSSR count). The molecule has 2 heterocycles. The fraction of sp³-hybridized carbons (Fsp3) is 0.615. The molecule has 5 heteroatoms. The van der Waals surface area contributed by atoms with Crippen molar-refractivity contribution < 1.29 is 9.31 Å². The SMILES string of the molecule is CCc1cncc(B2OC(C)(C)C(C)(C)O2)c1Cl. The maximum Gasteiger partial charge on any atom is 0.497 e. The molecule has 1 aromatic heterocycles. The van der Waals surface area contributed by atoms with E-state index < -0.39 is 7.12 Å². The first-order valence-electron chi connectivity index (χ1n) is 6.26. The Morgan fingerprint density at radius 3 is 2.22 bits per heavy atom. The van der Waals surface area contributed by atoms with Crippen molar-refractivity contribution in [2.75, 3.05) is 0 Å². The predicted octanol–water partition coefficient (Wildman–Crippen LogP) is 2.60. The molecule has 1 aliphatic rings. The smallest absolute Gasteiger partial charge is 0.399 e. The Morgan fingerprint density at radius 2 is 1.72 bits per heavy atom. The molecule has 0 unspecified atom stereocenters. The van der Waals surface area contributed by atoms with Gasteiger partial charge in [-0.3, -0.25) is 4.98 Å². The maximum absolute atomic E-state index is 6.38. The first-order chi connectivity index (χ1) is 8.28. The monoisotopic (exact) mass is 267 g/mol. The van der Waals surface area contributed by atoms with Crippen LogP contribution in [0.1, 0.15) is 40.2 Å². The summed E-state index contributed by atoms with van der Waals surface area (Å²) in [5.41, 5.74) is 1.12. The van der Waals surface area contributed by atoms with E-state index in [0.29, 0.717) is 5.02 Å². The fourth-order valence-electron chi connectivity index (χ4n) is 1.89. The molecule has 0 atom stereocenters. The van der Waals surface area contributed by atoms with Crippen molar-refractivity contribution in [2.24, 2.45) is 0 Å². The van der Waals surface area contributed by atoms with E-state index in [-0.39, 0.29) is 11.2 Å². The third kappa shape index (κ3) is 2.17. The lowest BCUT2D eigenvalue weighted by atomic mass is 9.79. The zero-order valence-electron chi connectivity index (χ0n) is 11.6. The molecule has 0 radical (unpaired) electrons. The van der Waals surface area contributed by atoms with Gasteiger partial charge in [0.1, 0.15) is 0 Å². The molecular formula is C13H19BClNO2. The van der Waals surface area contributed by atoms with Crippen molar-refractivity contribution in [2.45, 2.75) is 52.2 Å². The summed E-state index contributed by atoms with van der Waals surface area (Å²) >= 11 is 6.38. The highest BCUT2D eigenvalue weighted by molar-refractivity contribution is 6.65. The topological polar surface area (TPSA) is 31.4 Å². The largest absolute Gasteiger partial charge is 0.497 e. The van der Waals surface area contributed by atoms with E-state index in [1.807, 2.05) is 27.7 Å². The van der Waals surface area contributed by atoms with Gasteiger partial charge in [0, 0.05) is 22.9 Å². The normalized spacial score (nSPS) is 21.3. The molecule has 18 heavy (non-hydrogen) atoms. The summed E-state index contributed by atoms with van der Waals surface area (Å²) in [7, 11) is -0.443. The number of hydrogen-bond acceptors (Lipinski definition) is 3. The van der Waals surface area contributed by atoms with E-state index in [1.165, 1.54) is 0 Å². The number of aryl methyl sites for hydroxylation is 1. The van der Waals surface area contributed by atoms with Crippen LogP contribution in [0.25, 0.3) is 0 Å². The molecule has 0 amide bonds. The maximum atomic E-state index is 6.38. The van der Waals surface area contributed by atoms with Crippen LogP contribution in [0.15, 0.2) is 12.4 Å². The molecule has 0 aromatic carbocycles. The Bertz CT molecular complexity index is 446. The molecule has 1 fully saturated rings. The summed E-state index contributed by atoms with van der Waals surface area (Å²) in [4.78, 5) is 4.21. The van der Waals surface area contributed by atoms with Gasteiger partial charge in [0.05, 0.1) is 11.2 Å². The minimum atomic E-state index is -0.443. The molecule has 1 aliphatic heterocycles. The fourth-order valence-corrected chi connectivity index (χ4v) is 2.21. The minimum absolute atomic E-state index is 0.358. The summed E-state index contributed by atoms with van der Waals surface area (Å²) in [5, 5.41) is 0.700. The number of nitrogens with zero attached hydrogens (tertiary/aromatic N) is 1. The van der Waals surface area contributed by atoms with Gasteiger partial charge in [-0.1, -0.05) is 18.5 Å². The van der Waals surface area contributed by atoms with Gasteiger partial charge in [0.15, 0.2) is 0 Å². The van der Waals surface area contributed by atoms with E-state index in [4.69, 9.17) is 20.9 Å². The highest BCUT2D eigenvalue weighted by Gasteiger charge is 2.52. The second-order valence-corrected chi connectivity index (χ2v) is 6.02. The molecule has 0 N–H and O–H groups in total. The molecule has 0 saturated carbocycles.